The zero-order chi connectivity index (χ0) is 15.2. The summed E-state index contributed by atoms with van der Waals surface area (Å²) in [5, 5.41) is 0. The number of nitrogens with one attached hydrogen (secondary N) is 1. The topological polar surface area (TPSA) is 59.8 Å². The summed E-state index contributed by atoms with van der Waals surface area (Å²) in [5.41, 5.74) is 5.27. The van der Waals surface area contributed by atoms with Gasteiger partial charge in [0, 0.05) is 13.1 Å². The highest BCUT2D eigenvalue weighted by Gasteiger charge is 2.29. The van der Waals surface area contributed by atoms with Gasteiger partial charge in [0.05, 0.1) is 25.9 Å². The number of methoxy groups -OCH3 is 1. The molecule has 0 amide bonds. The van der Waals surface area contributed by atoms with Crippen LogP contribution in [0.25, 0.3) is 0 Å². The Bertz CT molecular complexity index is 451. The van der Waals surface area contributed by atoms with Crippen LogP contribution in [-0.4, -0.2) is 44.4 Å². The highest BCUT2D eigenvalue weighted by Crippen LogP contribution is 2.27. The van der Waals surface area contributed by atoms with Crippen molar-refractivity contribution < 1.29 is 9.47 Å². The number of hydrogen-bond acceptors (Lipinski definition) is 5. The number of nitrogens with zero attached hydrogens (tertiary/aromatic N) is 1. The van der Waals surface area contributed by atoms with Crippen LogP contribution >= 0.6 is 0 Å². The van der Waals surface area contributed by atoms with Crippen LogP contribution in [0, 0.1) is 6.92 Å². The van der Waals surface area contributed by atoms with Crippen LogP contribution in [0.15, 0.2) is 18.2 Å². The van der Waals surface area contributed by atoms with Crippen molar-refractivity contribution in [2.45, 2.75) is 32.4 Å². The summed E-state index contributed by atoms with van der Waals surface area (Å²) in [5.74, 6) is 6.68. The molecule has 3 N–H and O–H groups in total. The number of nitrogens with two attached hydrogens (primary N) is 1. The van der Waals surface area contributed by atoms with Gasteiger partial charge in [0.2, 0.25) is 0 Å². The summed E-state index contributed by atoms with van der Waals surface area (Å²) in [4.78, 5) is 2.44. The molecule has 5 nitrogen and oxygen atoms in total. The monoisotopic (exact) mass is 293 g/mol. The van der Waals surface area contributed by atoms with Crippen LogP contribution in [0.1, 0.15) is 30.5 Å². The number of aryl methyl sites for hydroxylation is 1. The molecule has 1 aromatic carbocycles. The Labute approximate surface area is 127 Å². The summed E-state index contributed by atoms with van der Waals surface area (Å²) in [6.45, 7) is 8.07. The summed E-state index contributed by atoms with van der Waals surface area (Å²) < 4.78 is 11.2. The fourth-order valence-electron chi connectivity index (χ4n) is 2.97. The lowest BCUT2D eigenvalue weighted by Crippen LogP contribution is -2.49. The van der Waals surface area contributed by atoms with Gasteiger partial charge in [-0.1, -0.05) is 13.0 Å². The maximum absolute atomic E-state index is 5.96. The molecule has 0 aromatic heterocycles. The predicted octanol–water partition coefficient (Wildman–Crippen LogP) is 1.62. The molecule has 118 valence electrons. The average Bonchev–Trinajstić information content (AvgIpc) is 2.50. The van der Waals surface area contributed by atoms with E-state index >= 15 is 0 Å². The molecular formula is C16H27N3O2. The maximum atomic E-state index is 5.96. The molecular weight excluding hydrogens is 266 g/mol. The van der Waals surface area contributed by atoms with Crippen molar-refractivity contribution in [1.29, 1.82) is 0 Å². The SMILES string of the molecule is CCCN1CCOC(C(NN)c2ccc(OC)cc2C)C1. The first-order valence-electron chi connectivity index (χ1n) is 7.64. The number of rotatable bonds is 6. The van der Waals surface area contributed by atoms with E-state index in [1.54, 1.807) is 7.11 Å². The van der Waals surface area contributed by atoms with E-state index in [0.29, 0.717) is 0 Å². The van der Waals surface area contributed by atoms with Gasteiger partial charge in [-0.2, -0.15) is 0 Å². The van der Waals surface area contributed by atoms with Crippen molar-refractivity contribution >= 4 is 0 Å². The third-order valence-corrected chi connectivity index (χ3v) is 4.08. The summed E-state index contributed by atoms with van der Waals surface area (Å²) in [6, 6.07) is 6.07. The first-order valence-corrected chi connectivity index (χ1v) is 7.64. The van der Waals surface area contributed by atoms with E-state index in [1.165, 1.54) is 5.56 Å². The maximum Gasteiger partial charge on any atom is 0.119 e. The third-order valence-electron chi connectivity index (χ3n) is 4.08. The molecule has 0 aliphatic carbocycles. The van der Waals surface area contributed by atoms with Gasteiger partial charge in [-0.15, -0.1) is 0 Å². The molecule has 2 rings (SSSR count). The predicted molar refractivity (Wildman–Crippen MR) is 84.3 cm³/mol. The summed E-state index contributed by atoms with van der Waals surface area (Å²) in [7, 11) is 1.68. The van der Waals surface area contributed by atoms with Crippen LogP contribution in [0.5, 0.6) is 5.75 Å². The van der Waals surface area contributed by atoms with Gasteiger partial charge in [-0.25, -0.2) is 0 Å². The third kappa shape index (κ3) is 3.95. The van der Waals surface area contributed by atoms with Crippen molar-refractivity contribution in [3.05, 3.63) is 29.3 Å². The second-order valence-corrected chi connectivity index (χ2v) is 5.58. The fourth-order valence-corrected chi connectivity index (χ4v) is 2.97. The van der Waals surface area contributed by atoms with Gasteiger partial charge in [-0.3, -0.25) is 16.2 Å². The van der Waals surface area contributed by atoms with E-state index in [-0.39, 0.29) is 12.1 Å². The van der Waals surface area contributed by atoms with Crippen LogP contribution in [0.4, 0.5) is 0 Å². The largest absolute Gasteiger partial charge is 0.497 e. The van der Waals surface area contributed by atoms with Crippen molar-refractivity contribution in [3.63, 3.8) is 0 Å². The molecule has 21 heavy (non-hydrogen) atoms. The Morgan fingerprint density at radius 1 is 1.52 bits per heavy atom. The van der Waals surface area contributed by atoms with Gasteiger partial charge in [-0.05, 0) is 43.1 Å². The van der Waals surface area contributed by atoms with E-state index in [9.17, 15) is 0 Å². The van der Waals surface area contributed by atoms with Crippen molar-refractivity contribution in [3.8, 4) is 5.75 Å². The van der Waals surface area contributed by atoms with Crippen LogP contribution < -0.4 is 16.0 Å². The lowest BCUT2D eigenvalue weighted by Gasteiger charge is -2.37. The zero-order valence-corrected chi connectivity index (χ0v) is 13.3. The van der Waals surface area contributed by atoms with Gasteiger partial charge in [0.1, 0.15) is 5.75 Å². The van der Waals surface area contributed by atoms with Crippen LogP contribution in [0.2, 0.25) is 0 Å². The molecule has 1 aromatic rings. The van der Waals surface area contributed by atoms with E-state index in [2.05, 4.69) is 30.2 Å². The summed E-state index contributed by atoms with van der Waals surface area (Å²) in [6.07, 6.45) is 1.23. The lowest BCUT2D eigenvalue weighted by atomic mass is 9.96. The van der Waals surface area contributed by atoms with E-state index in [4.69, 9.17) is 15.3 Å². The van der Waals surface area contributed by atoms with E-state index in [1.807, 2.05) is 12.1 Å². The molecule has 0 spiro atoms. The minimum absolute atomic E-state index is 0.00411. The van der Waals surface area contributed by atoms with Crippen LogP contribution in [0.3, 0.4) is 0 Å². The fraction of sp³-hybridized carbons (Fsp3) is 0.625. The Hall–Kier alpha value is -1.14. The lowest BCUT2D eigenvalue weighted by molar-refractivity contribution is -0.0472. The van der Waals surface area contributed by atoms with Crippen molar-refractivity contribution in [2.75, 3.05) is 33.4 Å². The number of hydrazine groups is 1. The highest BCUT2D eigenvalue weighted by atomic mass is 16.5. The van der Waals surface area contributed by atoms with Gasteiger partial charge in [0.15, 0.2) is 0 Å². The number of ether oxygens (including phenoxy) is 2. The number of hydrogen-bond donors (Lipinski definition) is 2. The normalized spacial score (nSPS) is 21.2. The molecule has 2 unspecified atom stereocenters. The second-order valence-electron chi connectivity index (χ2n) is 5.58. The Morgan fingerprint density at radius 3 is 2.95 bits per heavy atom. The molecule has 5 heteroatoms. The molecule has 0 radical (unpaired) electrons. The quantitative estimate of drug-likeness (QED) is 0.616. The molecule has 1 fully saturated rings. The Morgan fingerprint density at radius 2 is 2.33 bits per heavy atom. The van der Waals surface area contributed by atoms with E-state index < -0.39 is 0 Å². The highest BCUT2D eigenvalue weighted by molar-refractivity contribution is 5.37. The van der Waals surface area contributed by atoms with Crippen molar-refractivity contribution in [1.82, 2.24) is 10.3 Å². The molecule has 1 heterocycles. The first-order chi connectivity index (χ1) is 10.2. The Balaban J connectivity index is 2.15. The van der Waals surface area contributed by atoms with Crippen LogP contribution in [-0.2, 0) is 4.74 Å². The van der Waals surface area contributed by atoms with Gasteiger partial charge < -0.3 is 9.47 Å². The molecule has 1 aliphatic heterocycles. The number of morpholine rings is 1. The van der Waals surface area contributed by atoms with E-state index in [0.717, 1.165) is 44.0 Å². The second kappa shape index (κ2) is 7.75. The van der Waals surface area contributed by atoms with Gasteiger partial charge >= 0.3 is 0 Å². The Kier molecular flexibility index (Phi) is 5.99. The molecule has 1 aliphatic rings. The minimum atomic E-state index is -0.00411. The molecule has 1 saturated heterocycles. The first kappa shape index (κ1) is 16.2. The summed E-state index contributed by atoms with van der Waals surface area (Å²) >= 11 is 0. The molecule has 0 bridgehead atoms. The average molecular weight is 293 g/mol. The van der Waals surface area contributed by atoms with Gasteiger partial charge in [0.25, 0.3) is 0 Å². The smallest absolute Gasteiger partial charge is 0.119 e. The molecule has 0 saturated carbocycles. The molecule has 2 atom stereocenters. The number of benzene rings is 1. The van der Waals surface area contributed by atoms with Crippen molar-refractivity contribution in [2.24, 2.45) is 5.84 Å². The standard InChI is InChI=1S/C16H27N3O2/c1-4-7-19-8-9-21-15(11-19)16(18-17)14-6-5-13(20-3)10-12(14)2/h5-6,10,15-16,18H,4,7-9,11,17H2,1-3H3. The minimum Gasteiger partial charge on any atom is -0.497 e. The zero-order valence-electron chi connectivity index (χ0n) is 13.3.